The zero-order valence-electron chi connectivity index (χ0n) is 12.4. The van der Waals surface area contributed by atoms with E-state index in [4.69, 9.17) is 0 Å². The summed E-state index contributed by atoms with van der Waals surface area (Å²) < 4.78 is 0. The fraction of sp³-hybridized carbons (Fsp3) is 0.588. The van der Waals surface area contributed by atoms with Crippen molar-refractivity contribution in [3.05, 3.63) is 35.4 Å². The summed E-state index contributed by atoms with van der Waals surface area (Å²) in [5, 5.41) is 3.40. The van der Waals surface area contributed by atoms with Gasteiger partial charge in [0, 0.05) is 19.6 Å². The van der Waals surface area contributed by atoms with Crippen LogP contribution < -0.4 is 5.32 Å². The van der Waals surface area contributed by atoms with Gasteiger partial charge in [-0.25, -0.2) is 0 Å². The normalized spacial score (nSPS) is 25.9. The third-order valence-electron chi connectivity index (χ3n) is 4.86. The molecule has 0 spiro atoms. The molecule has 2 atom stereocenters. The van der Waals surface area contributed by atoms with Gasteiger partial charge in [-0.05, 0) is 35.8 Å². The maximum atomic E-state index is 12.6. The molecule has 3 heteroatoms. The second-order valence-electron chi connectivity index (χ2n) is 6.48. The standard InChI is InChI=1S/C17H24N2O/c1-12(2)15-7-8-19(11-15)17(20)16-9-13-5-3-4-6-14(13)10-18-16/h3-6,12,15-16,18H,7-11H2,1-2H3/t15?,16-/m0/s1. The van der Waals surface area contributed by atoms with E-state index in [0.29, 0.717) is 17.7 Å². The predicted octanol–water partition coefficient (Wildman–Crippen LogP) is 2.21. The van der Waals surface area contributed by atoms with Crippen molar-refractivity contribution in [2.24, 2.45) is 11.8 Å². The van der Waals surface area contributed by atoms with Gasteiger partial charge in [0.05, 0.1) is 6.04 Å². The minimum absolute atomic E-state index is 0.0317. The molecule has 0 aliphatic carbocycles. The molecular weight excluding hydrogens is 248 g/mol. The van der Waals surface area contributed by atoms with Crippen molar-refractivity contribution in [1.29, 1.82) is 0 Å². The van der Waals surface area contributed by atoms with Gasteiger partial charge in [0.1, 0.15) is 0 Å². The zero-order valence-corrected chi connectivity index (χ0v) is 12.4. The van der Waals surface area contributed by atoms with Crippen LogP contribution in [0, 0.1) is 11.8 Å². The van der Waals surface area contributed by atoms with Gasteiger partial charge in [-0.15, -0.1) is 0 Å². The molecule has 2 aliphatic heterocycles. The number of carbonyl (C=O) groups excluding carboxylic acids is 1. The molecule has 2 heterocycles. The highest BCUT2D eigenvalue weighted by Gasteiger charge is 2.33. The number of hydrogen-bond donors (Lipinski definition) is 1. The maximum absolute atomic E-state index is 12.6. The number of benzene rings is 1. The Morgan fingerprint density at radius 3 is 2.75 bits per heavy atom. The van der Waals surface area contributed by atoms with Crippen LogP contribution in [0.4, 0.5) is 0 Å². The smallest absolute Gasteiger partial charge is 0.240 e. The van der Waals surface area contributed by atoms with Crippen LogP contribution in [-0.2, 0) is 17.8 Å². The molecule has 0 aromatic heterocycles. The van der Waals surface area contributed by atoms with Gasteiger partial charge in [0.15, 0.2) is 0 Å². The number of fused-ring (bicyclic) bond motifs is 1. The first-order valence-corrected chi connectivity index (χ1v) is 7.74. The van der Waals surface area contributed by atoms with Crippen LogP contribution in [0.15, 0.2) is 24.3 Å². The van der Waals surface area contributed by atoms with Crippen molar-refractivity contribution in [3.8, 4) is 0 Å². The molecule has 1 unspecified atom stereocenters. The minimum Gasteiger partial charge on any atom is -0.341 e. The van der Waals surface area contributed by atoms with Crippen molar-refractivity contribution in [2.75, 3.05) is 13.1 Å². The van der Waals surface area contributed by atoms with Gasteiger partial charge >= 0.3 is 0 Å². The lowest BCUT2D eigenvalue weighted by Gasteiger charge is -2.29. The van der Waals surface area contributed by atoms with Crippen molar-refractivity contribution in [2.45, 2.75) is 39.3 Å². The summed E-state index contributed by atoms with van der Waals surface area (Å²) in [5.74, 6) is 1.64. The highest BCUT2D eigenvalue weighted by Crippen LogP contribution is 2.25. The Kier molecular flexibility index (Phi) is 3.79. The van der Waals surface area contributed by atoms with Gasteiger partial charge in [-0.1, -0.05) is 38.1 Å². The van der Waals surface area contributed by atoms with Crippen molar-refractivity contribution in [3.63, 3.8) is 0 Å². The quantitative estimate of drug-likeness (QED) is 0.895. The lowest BCUT2D eigenvalue weighted by atomic mass is 9.94. The molecule has 3 nitrogen and oxygen atoms in total. The number of carbonyl (C=O) groups is 1. The average Bonchev–Trinajstić information content (AvgIpc) is 2.96. The molecule has 108 valence electrons. The number of amides is 1. The molecule has 1 fully saturated rings. The average molecular weight is 272 g/mol. The van der Waals surface area contributed by atoms with E-state index in [9.17, 15) is 4.79 Å². The topological polar surface area (TPSA) is 32.3 Å². The first kappa shape index (κ1) is 13.6. The summed E-state index contributed by atoms with van der Waals surface area (Å²) in [7, 11) is 0. The molecule has 0 radical (unpaired) electrons. The second kappa shape index (κ2) is 5.57. The van der Waals surface area contributed by atoms with Crippen molar-refractivity contribution in [1.82, 2.24) is 10.2 Å². The largest absolute Gasteiger partial charge is 0.341 e. The Hall–Kier alpha value is -1.35. The minimum atomic E-state index is -0.0317. The van der Waals surface area contributed by atoms with Crippen LogP contribution >= 0.6 is 0 Å². The van der Waals surface area contributed by atoms with Crippen molar-refractivity contribution >= 4 is 5.91 Å². The number of nitrogens with zero attached hydrogens (tertiary/aromatic N) is 1. The molecule has 0 bridgehead atoms. The lowest BCUT2D eigenvalue weighted by molar-refractivity contribution is -0.132. The number of nitrogens with one attached hydrogen (secondary N) is 1. The molecule has 2 aliphatic rings. The SMILES string of the molecule is CC(C)C1CCN(C(=O)[C@@H]2Cc3ccccc3CN2)C1. The maximum Gasteiger partial charge on any atom is 0.240 e. The van der Waals surface area contributed by atoms with Gasteiger partial charge in [-0.3, -0.25) is 4.79 Å². The molecular formula is C17H24N2O. The summed E-state index contributed by atoms with van der Waals surface area (Å²) in [4.78, 5) is 14.7. The third kappa shape index (κ3) is 2.59. The molecule has 3 rings (SSSR count). The number of likely N-dealkylation sites (tertiary alicyclic amines) is 1. The molecule has 1 aromatic carbocycles. The summed E-state index contributed by atoms with van der Waals surface area (Å²) in [6.45, 7) is 7.20. The van der Waals surface area contributed by atoms with E-state index >= 15 is 0 Å². The first-order valence-electron chi connectivity index (χ1n) is 7.74. The van der Waals surface area contributed by atoms with Crippen LogP contribution in [0.2, 0.25) is 0 Å². The van der Waals surface area contributed by atoms with Gasteiger partial charge in [-0.2, -0.15) is 0 Å². The fourth-order valence-corrected chi connectivity index (χ4v) is 3.38. The van der Waals surface area contributed by atoms with Gasteiger partial charge < -0.3 is 10.2 Å². The van der Waals surface area contributed by atoms with E-state index < -0.39 is 0 Å². The van der Waals surface area contributed by atoms with Gasteiger partial charge in [0.25, 0.3) is 0 Å². The van der Waals surface area contributed by atoms with E-state index in [1.54, 1.807) is 0 Å². The lowest BCUT2D eigenvalue weighted by Crippen LogP contribution is -2.48. The molecule has 1 aromatic rings. The molecule has 0 saturated carbocycles. The van der Waals surface area contributed by atoms with E-state index in [2.05, 4.69) is 48.3 Å². The van der Waals surface area contributed by atoms with Gasteiger partial charge in [0.2, 0.25) is 5.91 Å². The summed E-state index contributed by atoms with van der Waals surface area (Å²) in [6, 6.07) is 8.40. The summed E-state index contributed by atoms with van der Waals surface area (Å²) in [6.07, 6.45) is 1.99. The van der Waals surface area contributed by atoms with Crippen LogP contribution in [0.25, 0.3) is 0 Å². The Bertz CT molecular complexity index is 498. The van der Waals surface area contributed by atoms with Crippen molar-refractivity contribution < 1.29 is 4.79 Å². The number of hydrogen-bond acceptors (Lipinski definition) is 2. The highest BCUT2D eigenvalue weighted by atomic mass is 16.2. The summed E-state index contributed by atoms with van der Waals surface area (Å²) in [5.41, 5.74) is 2.65. The van der Waals surface area contributed by atoms with E-state index in [-0.39, 0.29) is 6.04 Å². The van der Waals surface area contributed by atoms with E-state index in [0.717, 1.165) is 32.5 Å². The molecule has 20 heavy (non-hydrogen) atoms. The fourth-order valence-electron chi connectivity index (χ4n) is 3.38. The van der Waals surface area contributed by atoms with Crippen LogP contribution in [0.1, 0.15) is 31.4 Å². The second-order valence-corrected chi connectivity index (χ2v) is 6.48. The van der Waals surface area contributed by atoms with Crippen LogP contribution in [0.3, 0.4) is 0 Å². The molecule has 1 amide bonds. The monoisotopic (exact) mass is 272 g/mol. The Balaban J connectivity index is 1.65. The first-order chi connectivity index (χ1) is 9.65. The Labute approximate surface area is 121 Å². The van der Waals surface area contributed by atoms with E-state index in [1.807, 2.05) is 0 Å². The third-order valence-corrected chi connectivity index (χ3v) is 4.86. The summed E-state index contributed by atoms with van der Waals surface area (Å²) >= 11 is 0. The Morgan fingerprint density at radius 1 is 1.30 bits per heavy atom. The predicted molar refractivity (Wildman–Crippen MR) is 80.3 cm³/mol. The zero-order chi connectivity index (χ0) is 14.1. The van der Waals surface area contributed by atoms with Crippen LogP contribution in [-0.4, -0.2) is 29.9 Å². The number of rotatable bonds is 2. The molecule has 1 N–H and O–H groups in total. The Morgan fingerprint density at radius 2 is 2.05 bits per heavy atom. The van der Waals surface area contributed by atoms with E-state index in [1.165, 1.54) is 11.1 Å². The van der Waals surface area contributed by atoms with Crippen LogP contribution in [0.5, 0.6) is 0 Å². The molecule has 1 saturated heterocycles. The highest BCUT2D eigenvalue weighted by molar-refractivity contribution is 5.82.